The quantitative estimate of drug-likeness (QED) is 0.0213. The molecule has 0 aromatic heterocycles. The largest absolute Gasteiger partial charge is 0.472 e. The number of amides is 1. The third-order valence-electron chi connectivity index (χ3n) is 14.4. The van der Waals surface area contributed by atoms with Crippen molar-refractivity contribution in [2.75, 3.05) is 6.61 Å². The molecule has 1 aliphatic carbocycles. The minimum atomic E-state index is -5.06. The van der Waals surface area contributed by atoms with Crippen LogP contribution >= 0.6 is 7.82 Å². The lowest BCUT2D eigenvalue weighted by Gasteiger charge is -2.41. The van der Waals surface area contributed by atoms with Crippen LogP contribution in [0.25, 0.3) is 0 Å². The van der Waals surface area contributed by atoms with Gasteiger partial charge in [-0.3, -0.25) is 13.8 Å². The highest BCUT2D eigenvalue weighted by molar-refractivity contribution is 7.47. The van der Waals surface area contributed by atoms with E-state index in [1.54, 1.807) is 0 Å². The van der Waals surface area contributed by atoms with Gasteiger partial charge in [0.25, 0.3) is 0 Å². The number of aliphatic hydroxyl groups excluding tert-OH is 6. The summed E-state index contributed by atoms with van der Waals surface area (Å²) in [4.78, 5) is 23.6. The first kappa shape index (κ1) is 65.4. The molecule has 0 bridgehead atoms. The van der Waals surface area contributed by atoms with E-state index in [9.17, 15) is 44.9 Å². The molecule has 1 aliphatic rings. The van der Waals surface area contributed by atoms with Crippen LogP contribution in [0.4, 0.5) is 0 Å². The Kier molecular flexibility index (Phi) is 43.2. The molecule has 0 aromatic rings. The molecule has 0 heterocycles. The van der Waals surface area contributed by atoms with Gasteiger partial charge in [-0.15, -0.1) is 0 Å². The van der Waals surface area contributed by atoms with Gasteiger partial charge in [-0.2, -0.15) is 0 Å². The van der Waals surface area contributed by atoms with E-state index in [1.165, 1.54) is 212 Å². The zero-order valence-corrected chi connectivity index (χ0v) is 44.8. The maximum Gasteiger partial charge on any atom is 0.472 e. The van der Waals surface area contributed by atoms with Crippen molar-refractivity contribution in [3.8, 4) is 0 Å². The number of hydrogen-bond acceptors (Lipinski definition) is 10. The first-order chi connectivity index (χ1) is 32.9. The van der Waals surface area contributed by atoms with Gasteiger partial charge in [0.1, 0.15) is 36.6 Å². The van der Waals surface area contributed by atoms with Gasteiger partial charge in [-0.1, -0.05) is 271 Å². The molecular weight excluding hydrogens is 882 g/mol. The molecule has 1 saturated carbocycles. The fourth-order valence-corrected chi connectivity index (χ4v) is 10.7. The van der Waals surface area contributed by atoms with Crippen molar-refractivity contribution in [2.24, 2.45) is 0 Å². The first-order valence-corrected chi connectivity index (χ1v) is 30.5. The summed E-state index contributed by atoms with van der Waals surface area (Å²) in [6.45, 7) is 3.94. The highest BCUT2D eigenvalue weighted by Crippen LogP contribution is 2.47. The summed E-state index contributed by atoms with van der Waals surface area (Å²) in [7, 11) is -5.06. The van der Waals surface area contributed by atoms with E-state index in [4.69, 9.17) is 9.05 Å². The van der Waals surface area contributed by atoms with Gasteiger partial charge in [0, 0.05) is 6.42 Å². The van der Waals surface area contributed by atoms with E-state index in [0.717, 1.165) is 38.5 Å². The van der Waals surface area contributed by atoms with Gasteiger partial charge in [-0.05, 0) is 12.8 Å². The molecule has 0 saturated heterocycles. The van der Waals surface area contributed by atoms with Gasteiger partial charge >= 0.3 is 7.82 Å². The maximum atomic E-state index is 13.1. The van der Waals surface area contributed by atoms with Gasteiger partial charge in [0.2, 0.25) is 5.91 Å². The Morgan fingerprint density at radius 1 is 0.441 bits per heavy atom. The molecule has 8 N–H and O–H groups in total. The number of nitrogens with one attached hydrogen (secondary N) is 1. The molecule has 6 unspecified atom stereocenters. The SMILES string of the molecule is CCCCCCCCCCCCCCCCCCCCCCCCCCCCC(=O)N[C@@H](COP(=O)(O)OC1C(O)C(O)C(O)[C@@H](O)C1O)[C@H](O)CCCCCCCCCCCCCCCCC. The van der Waals surface area contributed by atoms with E-state index in [1.807, 2.05) is 0 Å². The Morgan fingerprint density at radius 2 is 0.706 bits per heavy atom. The predicted molar refractivity (Wildman–Crippen MR) is 279 cm³/mol. The molecule has 1 amide bonds. The van der Waals surface area contributed by atoms with Crippen molar-refractivity contribution in [3.63, 3.8) is 0 Å². The van der Waals surface area contributed by atoms with Crippen LogP contribution in [0.3, 0.4) is 0 Å². The molecule has 0 spiro atoms. The number of phosphoric acid groups is 1. The Hall–Kier alpha value is -0.660. The molecule has 68 heavy (non-hydrogen) atoms. The average Bonchev–Trinajstić information content (AvgIpc) is 3.32. The zero-order valence-electron chi connectivity index (χ0n) is 43.9. The van der Waals surface area contributed by atoms with Crippen LogP contribution < -0.4 is 5.32 Å². The molecule has 12 nitrogen and oxygen atoms in total. The Labute approximate surface area is 416 Å². The number of phosphoric ester groups is 1. The predicted octanol–water partition coefficient (Wildman–Crippen LogP) is 13.0. The summed E-state index contributed by atoms with van der Waals surface area (Å²) in [5.41, 5.74) is 0. The highest BCUT2D eigenvalue weighted by atomic mass is 31.2. The van der Waals surface area contributed by atoms with Gasteiger partial charge in [-0.25, -0.2) is 4.57 Å². The number of carbonyl (C=O) groups is 1. The molecule has 0 aromatic carbocycles. The number of carbonyl (C=O) groups excluding carboxylic acids is 1. The van der Waals surface area contributed by atoms with Crippen LogP contribution in [0.2, 0.25) is 0 Å². The number of unbranched alkanes of at least 4 members (excludes halogenated alkanes) is 39. The van der Waals surface area contributed by atoms with Crippen LogP contribution in [-0.2, 0) is 18.4 Å². The topological polar surface area (TPSA) is 206 Å². The van der Waals surface area contributed by atoms with E-state index in [2.05, 4.69) is 19.2 Å². The second-order valence-corrected chi connectivity index (χ2v) is 22.3. The van der Waals surface area contributed by atoms with Gasteiger partial charge in [0.05, 0.1) is 18.8 Å². The Bertz CT molecular complexity index is 1150. The molecule has 0 aliphatic heterocycles. The van der Waals surface area contributed by atoms with Gasteiger partial charge in [0.15, 0.2) is 0 Å². The van der Waals surface area contributed by atoms with Crippen molar-refractivity contribution >= 4 is 13.7 Å². The van der Waals surface area contributed by atoms with Crippen LogP contribution in [0.1, 0.15) is 290 Å². The lowest BCUT2D eigenvalue weighted by atomic mass is 9.85. The maximum absolute atomic E-state index is 13.1. The highest BCUT2D eigenvalue weighted by Gasteiger charge is 2.51. The molecule has 0 radical (unpaired) electrons. The van der Waals surface area contributed by atoms with Crippen molar-refractivity contribution in [1.82, 2.24) is 5.32 Å². The molecule has 9 atom stereocenters. The summed E-state index contributed by atoms with van der Waals surface area (Å²) < 4.78 is 23.1. The minimum Gasteiger partial charge on any atom is -0.391 e. The normalized spacial score (nSPS) is 21.5. The second-order valence-electron chi connectivity index (χ2n) is 20.9. The van der Waals surface area contributed by atoms with Crippen LogP contribution in [-0.4, -0.2) is 96.8 Å². The zero-order chi connectivity index (χ0) is 49.9. The summed E-state index contributed by atoms with van der Waals surface area (Å²) in [6.07, 6.45) is 40.0. The number of rotatable bonds is 50. The fourth-order valence-electron chi connectivity index (χ4n) is 9.74. The van der Waals surface area contributed by atoms with E-state index in [0.29, 0.717) is 19.3 Å². The first-order valence-electron chi connectivity index (χ1n) is 29.0. The Morgan fingerprint density at radius 3 is 1.01 bits per heavy atom. The van der Waals surface area contributed by atoms with E-state index < -0.39 is 63.2 Å². The second kappa shape index (κ2) is 45.0. The lowest BCUT2D eigenvalue weighted by Crippen LogP contribution is -2.64. The molecule has 1 fully saturated rings. The van der Waals surface area contributed by atoms with E-state index in [-0.39, 0.29) is 12.3 Å². The van der Waals surface area contributed by atoms with Gasteiger partial charge < -0.3 is 40.8 Å². The summed E-state index contributed by atoms with van der Waals surface area (Å²) >= 11 is 0. The fraction of sp³-hybridized carbons (Fsp3) is 0.982. The molecular formula is C55H110NO11P. The summed E-state index contributed by atoms with van der Waals surface area (Å²) in [5, 5.41) is 64.4. The van der Waals surface area contributed by atoms with Crippen molar-refractivity contribution in [2.45, 2.75) is 339 Å². The standard InChI is InChI=1S/C55H110NO11P/c1-3-5-7-9-11-13-15-17-19-20-21-22-23-24-25-26-27-28-29-31-33-35-37-39-41-43-45-49(58)56-47(46-66-68(64,65)67-55-53(62)51(60)50(59)52(61)54(55)63)48(57)44-42-40-38-36-34-32-30-18-16-14-12-10-8-6-4-2/h47-48,50-55,57,59-63H,3-46H2,1-2H3,(H,56,58)(H,64,65)/t47-,48+,50?,51+,52?,53?,54?,55?/m0/s1. The summed E-state index contributed by atoms with van der Waals surface area (Å²) in [6, 6.07) is -1.03. The minimum absolute atomic E-state index is 0.243. The summed E-state index contributed by atoms with van der Waals surface area (Å²) in [5.74, 6) is -0.300. The van der Waals surface area contributed by atoms with Crippen molar-refractivity contribution in [3.05, 3.63) is 0 Å². The van der Waals surface area contributed by atoms with E-state index >= 15 is 0 Å². The van der Waals surface area contributed by atoms with Crippen LogP contribution in [0.5, 0.6) is 0 Å². The van der Waals surface area contributed by atoms with Crippen molar-refractivity contribution < 1.29 is 53.9 Å². The Balaban J connectivity index is 2.28. The number of hydrogen-bond donors (Lipinski definition) is 8. The number of aliphatic hydroxyl groups is 6. The lowest BCUT2D eigenvalue weighted by molar-refractivity contribution is -0.220. The molecule has 13 heteroatoms. The average molecular weight is 992 g/mol. The van der Waals surface area contributed by atoms with Crippen LogP contribution in [0.15, 0.2) is 0 Å². The smallest absolute Gasteiger partial charge is 0.391 e. The van der Waals surface area contributed by atoms with Crippen molar-refractivity contribution in [1.29, 1.82) is 0 Å². The third-order valence-corrected chi connectivity index (χ3v) is 15.4. The molecule has 406 valence electrons. The third kappa shape index (κ3) is 35.5. The molecule has 1 rings (SSSR count). The monoisotopic (exact) mass is 992 g/mol. The van der Waals surface area contributed by atoms with Crippen LogP contribution in [0, 0.1) is 0 Å².